The van der Waals surface area contributed by atoms with Crippen molar-refractivity contribution < 1.29 is 51.5 Å². The summed E-state index contributed by atoms with van der Waals surface area (Å²) >= 11 is 0. The van der Waals surface area contributed by atoms with Crippen LogP contribution < -0.4 is 0 Å². The van der Waals surface area contributed by atoms with E-state index < -0.39 is 61.0 Å². The van der Waals surface area contributed by atoms with Gasteiger partial charge in [0, 0.05) is 5.92 Å². The van der Waals surface area contributed by atoms with E-state index in [1.165, 1.54) is 0 Å². The van der Waals surface area contributed by atoms with Crippen molar-refractivity contribution in [3.63, 3.8) is 0 Å². The molecule has 0 fully saturated rings. The molecule has 0 saturated heterocycles. The van der Waals surface area contributed by atoms with E-state index >= 15 is 0 Å². The first-order valence-electron chi connectivity index (χ1n) is 6.58. The van der Waals surface area contributed by atoms with Crippen molar-refractivity contribution >= 4 is 31.2 Å². The van der Waals surface area contributed by atoms with Gasteiger partial charge in [0.2, 0.25) is 0 Å². The Morgan fingerprint density at radius 3 is 1.26 bits per heavy atom. The zero-order valence-corrected chi connectivity index (χ0v) is 16.1. The molecule has 0 aromatic carbocycles. The lowest BCUT2D eigenvalue weighted by Crippen LogP contribution is -2.40. The predicted octanol–water partition coefficient (Wildman–Crippen LogP) is 0.281. The van der Waals surface area contributed by atoms with E-state index in [4.69, 9.17) is 13.7 Å². The van der Waals surface area contributed by atoms with Crippen LogP contribution in [-0.4, -0.2) is 57.2 Å². The minimum atomic E-state index is -5.12. The quantitative estimate of drug-likeness (QED) is 0.257. The van der Waals surface area contributed by atoms with Crippen molar-refractivity contribution in [2.45, 2.75) is 18.3 Å². The zero-order valence-electron chi connectivity index (χ0n) is 13.6. The highest BCUT2D eigenvalue weighted by Crippen LogP contribution is 2.30. The van der Waals surface area contributed by atoms with Crippen molar-refractivity contribution in [1.29, 1.82) is 0 Å². The SMILES string of the molecule is C=CC(OS(=O)(=O)O)C(=C)C(C(C=C)OS(=O)(=O)O)C(C=C)OS(=O)(=O)O. The zero-order chi connectivity index (χ0) is 21.6. The molecule has 3 N–H and O–H groups in total. The van der Waals surface area contributed by atoms with Gasteiger partial charge in [-0.25, -0.2) is 12.5 Å². The van der Waals surface area contributed by atoms with Gasteiger partial charge in [-0.3, -0.25) is 13.7 Å². The summed E-state index contributed by atoms with van der Waals surface area (Å²) < 4.78 is 105. The van der Waals surface area contributed by atoms with Gasteiger partial charge >= 0.3 is 31.2 Å². The first kappa shape index (κ1) is 25.6. The van der Waals surface area contributed by atoms with Gasteiger partial charge in [0.05, 0.1) is 0 Å². The molecule has 0 rings (SSSR count). The van der Waals surface area contributed by atoms with E-state index in [0.29, 0.717) is 0 Å². The Kier molecular flexibility index (Phi) is 9.16. The summed E-state index contributed by atoms with van der Waals surface area (Å²) in [5.74, 6) is -1.67. The molecular weight excluding hydrogens is 432 g/mol. The van der Waals surface area contributed by atoms with Crippen LogP contribution in [0.1, 0.15) is 0 Å². The molecule has 0 heterocycles. The van der Waals surface area contributed by atoms with Crippen molar-refractivity contribution in [2.24, 2.45) is 5.92 Å². The molecule has 12 nitrogen and oxygen atoms in total. The summed E-state index contributed by atoms with van der Waals surface area (Å²) in [6, 6.07) is 0. The van der Waals surface area contributed by atoms with Crippen LogP contribution in [-0.2, 0) is 43.7 Å². The second-order valence-corrected chi connectivity index (χ2v) is 7.87. The molecule has 0 aromatic heterocycles. The highest BCUT2D eigenvalue weighted by atomic mass is 32.3. The topological polar surface area (TPSA) is 191 Å². The molecule has 0 radical (unpaired) electrons. The Morgan fingerprint density at radius 1 is 0.704 bits per heavy atom. The second-order valence-electron chi connectivity index (χ2n) is 4.73. The number of rotatable bonds is 13. The molecular formula is C12H18O12S3. The Morgan fingerprint density at radius 2 is 1.04 bits per heavy atom. The van der Waals surface area contributed by atoms with Crippen LogP contribution in [0.25, 0.3) is 0 Å². The van der Waals surface area contributed by atoms with Crippen LogP contribution in [0, 0.1) is 5.92 Å². The third kappa shape index (κ3) is 9.89. The van der Waals surface area contributed by atoms with Crippen LogP contribution in [0.5, 0.6) is 0 Å². The van der Waals surface area contributed by atoms with Gasteiger partial charge in [0.25, 0.3) is 0 Å². The van der Waals surface area contributed by atoms with Crippen molar-refractivity contribution in [3.8, 4) is 0 Å². The Labute approximate surface area is 157 Å². The third-order valence-electron chi connectivity index (χ3n) is 2.87. The molecule has 0 bridgehead atoms. The summed E-state index contributed by atoms with van der Waals surface area (Å²) in [4.78, 5) is 0. The van der Waals surface area contributed by atoms with E-state index in [-0.39, 0.29) is 0 Å². The lowest BCUT2D eigenvalue weighted by molar-refractivity contribution is 0.0897. The molecule has 0 aliphatic heterocycles. The maximum atomic E-state index is 11.0. The van der Waals surface area contributed by atoms with Crippen molar-refractivity contribution in [3.05, 3.63) is 50.1 Å². The van der Waals surface area contributed by atoms with Crippen LogP contribution in [0.15, 0.2) is 50.1 Å². The molecule has 27 heavy (non-hydrogen) atoms. The average molecular weight is 450 g/mol. The fourth-order valence-corrected chi connectivity index (χ4v) is 3.38. The summed E-state index contributed by atoms with van der Waals surface area (Å²) in [6.07, 6.45) is -2.97. The Hall–Kier alpha value is -1.43. The first-order valence-corrected chi connectivity index (χ1v) is 10.7. The summed E-state index contributed by atoms with van der Waals surface area (Å²) in [5.41, 5.74) is -0.454. The van der Waals surface area contributed by atoms with Crippen LogP contribution in [0.3, 0.4) is 0 Å². The van der Waals surface area contributed by atoms with E-state index in [0.717, 1.165) is 18.2 Å². The standard InChI is InChI=1S/C12H18O12S3/c1-5-9(22-25(13,14)15)8(4)12(10(6-2)23-26(16,17)18)11(7-3)24-27(19,20)21/h5-7,9-12H,1-4H2,(H,13,14,15)(H,16,17,18)(H,19,20,21). The van der Waals surface area contributed by atoms with Gasteiger partial charge in [-0.1, -0.05) is 24.8 Å². The lowest BCUT2D eigenvalue weighted by Gasteiger charge is -2.31. The smallest absolute Gasteiger partial charge is 0.264 e. The molecule has 0 spiro atoms. The Balaban J connectivity index is 6.29. The summed E-state index contributed by atoms with van der Waals surface area (Å²) in [6.45, 7) is 13.2. The Bertz CT molecular complexity index is 838. The maximum Gasteiger partial charge on any atom is 0.398 e. The summed E-state index contributed by atoms with van der Waals surface area (Å²) in [5, 5.41) is 0. The predicted molar refractivity (Wildman–Crippen MR) is 92.5 cm³/mol. The lowest BCUT2D eigenvalue weighted by atomic mass is 9.85. The molecule has 3 atom stereocenters. The van der Waals surface area contributed by atoms with E-state index in [1.54, 1.807) is 0 Å². The third-order valence-corrected chi connectivity index (χ3v) is 4.25. The second kappa shape index (κ2) is 9.67. The van der Waals surface area contributed by atoms with Gasteiger partial charge < -0.3 is 0 Å². The summed E-state index contributed by atoms with van der Waals surface area (Å²) in [7, 11) is -15.3. The van der Waals surface area contributed by atoms with Gasteiger partial charge in [-0.05, 0) is 5.57 Å². The highest BCUT2D eigenvalue weighted by Gasteiger charge is 2.38. The normalized spacial score (nSPS) is 17.3. The van der Waals surface area contributed by atoms with Crippen LogP contribution in [0.4, 0.5) is 0 Å². The number of hydrogen-bond donors (Lipinski definition) is 3. The maximum absolute atomic E-state index is 11.0. The molecule has 156 valence electrons. The molecule has 0 amide bonds. The average Bonchev–Trinajstić information content (AvgIpc) is 2.47. The van der Waals surface area contributed by atoms with E-state index in [1.807, 2.05) is 0 Å². The molecule has 0 aromatic rings. The molecule has 0 aliphatic carbocycles. The monoisotopic (exact) mass is 450 g/mol. The molecule has 15 heteroatoms. The molecule has 3 unspecified atom stereocenters. The van der Waals surface area contributed by atoms with Gasteiger partial charge in [0.1, 0.15) is 18.3 Å². The fourth-order valence-electron chi connectivity index (χ4n) is 1.95. The molecule has 0 aliphatic rings. The van der Waals surface area contributed by atoms with Gasteiger partial charge in [0.15, 0.2) is 0 Å². The largest absolute Gasteiger partial charge is 0.398 e. The van der Waals surface area contributed by atoms with Crippen LogP contribution in [0.2, 0.25) is 0 Å². The van der Waals surface area contributed by atoms with E-state index in [9.17, 15) is 25.3 Å². The minimum absolute atomic E-state index is 0.454. The van der Waals surface area contributed by atoms with E-state index in [2.05, 4.69) is 38.9 Å². The number of hydrogen-bond acceptors (Lipinski definition) is 9. The first-order chi connectivity index (χ1) is 12.0. The fraction of sp³-hybridized carbons (Fsp3) is 0.333. The van der Waals surface area contributed by atoms with Gasteiger partial charge in [-0.2, -0.15) is 25.3 Å². The minimum Gasteiger partial charge on any atom is -0.264 e. The highest BCUT2D eigenvalue weighted by molar-refractivity contribution is 7.81. The van der Waals surface area contributed by atoms with Gasteiger partial charge in [-0.15, -0.1) is 19.7 Å². The molecule has 0 saturated carbocycles. The van der Waals surface area contributed by atoms with Crippen LogP contribution >= 0.6 is 0 Å². The van der Waals surface area contributed by atoms with Crippen molar-refractivity contribution in [1.82, 2.24) is 0 Å². The van der Waals surface area contributed by atoms with Crippen molar-refractivity contribution in [2.75, 3.05) is 0 Å².